The van der Waals surface area contributed by atoms with E-state index in [0.717, 1.165) is 25.9 Å². The van der Waals surface area contributed by atoms with Crippen LogP contribution in [0.1, 0.15) is 19.8 Å². The SMILES string of the molecule is C=CCOC1CCCN(C[C@@H]2OC(C(=O)O)=C[C@H](N)[C@H]2NC(C)=O)C1. The number of carboxylic acids is 1. The van der Waals surface area contributed by atoms with E-state index < -0.39 is 24.2 Å². The summed E-state index contributed by atoms with van der Waals surface area (Å²) in [6.07, 6.45) is 4.59. The van der Waals surface area contributed by atoms with Crippen molar-refractivity contribution in [1.29, 1.82) is 0 Å². The molecule has 0 radical (unpaired) electrons. The Morgan fingerprint density at radius 1 is 1.60 bits per heavy atom. The number of carboxylic acid groups (broad SMARTS) is 1. The molecular formula is C17H27N3O5. The van der Waals surface area contributed by atoms with Gasteiger partial charge in [0.15, 0.2) is 0 Å². The van der Waals surface area contributed by atoms with Crippen molar-refractivity contribution in [3.05, 3.63) is 24.5 Å². The zero-order valence-corrected chi connectivity index (χ0v) is 14.5. The molecule has 4 atom stereocenters. The third-order valence-electron chi connectivity index (χ3n) is 4.37. The molecule has 25 heavy (non-hydrogen) atoms. The van der Waals surface area contributed by atoms with Crippen LogP contribution in [0, 0.1) is 0 Å². The average Bonchev–Trinajstić information content (AvgIpc) is 2.55. The molecule has 2 rings (SSSR count). The van der Waals surface area contributed by atoms with E-state index in [4.69, 9.17) is 15.2 Å². The highest BCUT2D eigenvalue weighted by Crippen LogP contribution is 2.21. The Balaban J connectivity index is 2.05. The number of amides is 1. The van der Waals surface area contributed by atoms with Crippen LogP contribution in [0.4, 0.5) is 0 Å². The molecule has 0 aromatic heterocycles. The number of hydrogen-bond acceptors (Lipinski definition) is 6. The largest absolute Gasteiger partial charge is 0.480 e. The molecule has 1 saturated heterocycles. The van der Waals surface area contributed by atoms with Crippen LogP contribution in [0.25, 0.3) is 0 Å². The molecule has 0 saturated carbocycles. The number of nitrogens with two attached hydrogens (primary N) is 1. The van der Waals surface area contributed by atoms with Crippen LogP contribution >= 0.6 is 0 Å². The molecule has 1 unspecified atom stereocenters. The molecule has 0 spiro atoms. The summed E-state index contributed by atoms with van der Waals surface area (Å²) >= 11 is 0. The van der Waals surface area contributed by atoms with Crippen LogP contribution in [-0.4, -0.2) is 72.4 Å². The molecule has 140 valence electrons. The summed E-state index contributed by atoms with van der Waals surface area (Å²) in [6, 6.07) is -1.10. The number of nitrogens with one attached hydrogen (secondary N) is 1. The normalized spacial score (nSPS) is 30.1. The zero-order chi connectivity index (χ0) is 18.4. The van der Waals surface area contributed by atoms with Crippen molar-refractivity contribution in [1.82, 2.24) is 10.2 Å². The summed E-state index contributed by atoms with van der Waals surface area (Å²) in [5.74, 6) is -1.56. The number of carbonyl (C=O) groups is 2. The molecule has 0 aliphatic carbocycles. The van der Waals surface area contributed by atoms with Gasteiger partial charge in [-0.3, -0.25) is 9.69 Å². The molecule has 0 bridgehead atoms. The number of rotatable bonds is 7. The molecule has 2 heterocycles. The number of piperidine rings is 1. The number of ether oxygens (including phenoxy) is 2. The number of nitrogens with zero attached hydrogens (tertiary/aromatic N) is 1. The van der Waals surface area contributed by atoms with Crippen molar-refractivity contribution in [3.8, 4) is 0 Å². The number of aliphatic carboxylic acids is 1. The van der Waals surface area contributed by atoms with Gasteiger partial charge in [0, 0.05) is 20.0 Å². The summed E-state index contributed by atoms with van der Waals surface area (Å²) in [5, 5.41) is 12.0. The van der Waals surface area contributed by atoms with Crippen molar-refractivity contribution in [2.45, 2.75) is 44.1 Å². The van der Waals surface area contributed by atoms with E-state index in [1.807, 2.05) is 0 Å². The summed E-state index contributed by atoms with van der Waals surface area (Å²) in [6.45, 7) is 7.62. The van der Waals surface area contributed by atoms with Gasteiger partial charge in [-0.25, -0.2) is 4.79 Å². The van der Waals surface area contributed by atoms with E-state index in [1.165, 1.54) is 13.0 Å². The Bertz CT molecular complexity index is 536. The molecule has 0 aromatic rings. The van der Waals surface area contributed by atoms with Gasteiger partial charge in [-0.1, -0.05) is 6.08 Å². The molecule has 2 aliphatic heterocycles. The smallest absolute Gasteiger partial charge is 0.370 e. The zero-order valence-electron chi connectivity index (χ0n) is 14.5. The fourth-order valence-corrected chi connectivity index (χ4v) is 3.27. The van der Waals surface area contributed by atoms with Gasteiger partial charge >= 0.3 is 5.97 Å². The third kappa shape index (κ3) is 5.55. The first-order valence-electron chi connectivity index (χ1n) is 8.50. The first kappa shape index (κ1) is 19.4. The summed E-state index contributed by atoms with van der Waals surface area (Å²) in [5.41, 5.74) is 6.06. The highest BCUT2D eigenvalue weighted by atomic mass is 16.5. The predicted octanol–water partition coefficient (Wildman–Crippen LogP) is -0.147. The van der Waals surface area contributed by atoms with Gasteiger partial charge in [-0.15, -0.1) is 6.58 Å². The van der Waals surface area contributed by atoms with Crippen molar-refractivity contribution < 1.29 is 24.2 Å². The monoisotopic (exact) mass is 353 g/mol. The van der Waals surface area contributed by atoms with E-state index in [2.05, 4.69) is 16.8 Å². The average molecular weight is 353 g/mol. The summed E-state index contributed by atoms with van der Waals surface area (Å²) < 4.78 is 11.3. The standard InChI is InChI=1S/C17H27N3O5/c1-3-7-24-12-5-4-6-20(9-12)10-15-16(19-11(2)21)13(18)8-14(25-15)17(22)23/h3,8,12-13,15-16H,1,4-7,9-10,18H2,2H3,(H,19,21)(H,22,23)/t12?,13-,15-,16+/m0/s1. The molecule has 8 nitrogen and oxygen atoms in total. The van der Waals surface area contributed by atoms with Gasteiger partial charge in [0.25, 0.3) is 0 Å². The highest BCUT2D eigenvalue weighted by Gasteiger charge is 2.37. The minimum absolute atomic E-state index is 0.109. The highest BCUT2D eigenvalue weighted by molar-refractivity contribution is 5.84. The first-order chi connectivity index (χ1) is 11.9. The first-order valence-corrected chi connectivity index (χ1v) is 8.50. The molecule has 1 amide bonds. The number of likely N-dealkylation sites (tertiary alicyclic amines) is 1. The summed E-state index contributed by atoms with van der Waals surface area (Å²) in [4.78, 5) is 24.9. The second kappa shape index (κ2) is 8.98. The Labute approximate surface area is 147 Å². The van der Waals surface area contributed by atoms with Gasteiger partial charge in [-0.05, 0) is 25.5 Å². The third-order valence-corrected chi connectivity index (χ3v) is 4.37. The molecule has 1 fully saturated rings. The Morgan fingerprint density at radius 3 is 3.00 bits per heavy atom. The van der Waals surface area contributed by atoms with Crippen molar-refractivity contribution in [3.63, 3.8) is 0 Å². The van der Waals surface area contributed by atoms with Crippen LogP contribution in [0.5, 0.6) is 0 Å². The van der Waals surface area contributed by atoms with E-state index in [-0.39, 0.29) is 17.8 Å². The lowest BCUT2D eigenvalue weighted by molar-refractivity contribution is -0.139. The molecule has 8 heteroatoms. The maximum atomic E-state index is 11.5. The molecule has 0 aromatic carbocycles. The van der Waals surface area contributed by atoms with Crippen LogP contribution in [-0.2, 0) is 19.1 Å². The lowest BCUT2D eigenvalue weighted by atomic mass is 9.97. The maximum absolute atomic E-state index is 11.5. The Hall–Kier alpha value is -1.90. The number of hydrogen-bond donors (Lipinski definition) is 3. The van der Waals surface area contributed by atoms with Crippen molar-refractivity contribution in [2.75, 3.05) is 26.2 Å². The topological polar surface area (TPSA) is 114 Å². The van der Waals surface area contributed by atoms with Crippen LogP contribution in [0.15, 0.2) is 24.5 Å². The van der Waals surface area contributed by atoms with Gasteiger partial charge in [-0.2, -0.15) is 0 Å². The van der Waals surface area contributed by atoms with E-state index >= 15 is 0 Å². The Morgan fingerprint density at radius 2 is 2.36 bits per heavy atom. The van der Waals surface area contributed by atoms with E-state index in [0.29, 0.717) is 13.2 Å². The molecule has 2 aliphatic rings. The van der Waals surface area contributed by atoms with Gasteiger partial charge in [0.1, 0.15) is 6.10 Å². The van der Waals surface area contributed by atoms with Crippen molar-refractivity contribution >= 4 is 11.9 Å². The lowest BCUT2D eigenvalue weighted by Crippen LogP contribution is -2.60. The summed E-state index contributed by atoms with van der Waals surface area (Å²) in [7, 11) is 0. The molecule has 4 N–H and O–H groups in total. The maximum Gasteiger partial charge on any atom is 0.370 e. The fourth-order valence-electron chi connectivity index (χ4n) is 3.27. The second-order valence-corrected chi connectivity index (χ2v) is 6.44. The minimum Gasteiger partial charge on any atom is -0.480 e. The quantitative estimate of drug-likeness (QED) is 0.546. The minimum atomic E-state index is -1.16. The van der Waals surface area contributed by atoms with Gasteiger partial charge in [0.2, 0.25) is 11.7 Å². The van der Waals surface area contributed by atoms with E-state index in [9.17, 15) is 14.7 Å². The fraction of sp³-hybridized carbons (Fsp3) is 0.647. The molecular weight excluding hydrogens is 326 g/mol. The van der Waals surface area contributed by atoms with Gasteiger partial charge < -0.3 is 25.6 Å². The lowest BCUT2D eigenvalue weighted by Gasteiger charge is -2.40. The second-order valence-electron chi connectivity index (χ2n) is 6.44. The van der Waals surface area contributed by atoms with Crippen LogP contribution < -0.4 is 11.1 Å². The Kier molecular flexibility index (Phi) is 6.98. The van der Waals surface area contributed by atoms with Crippen molar-refractivity contribution in [2.24, 2.45) is 5.73 Å². The van der Waals surface area contributed by atoms with Crippen LogP contribution in [0.2, 0.25) is 0 Å². The number of carbonyl (C=O) groups excluding carboxylic acids is 1. The van der Waals surface area contributed by atoms with E-state index in [1.54, 1.807) is 6.08 Å². The van der Waals surface area contributed by atoms with Crippen LogP contribution in [0.3, 0.4) is 0 Å². The van der Waals surface area contributed by atoms with Gasteiger partial charge in [0.05, 0.1) is 24.8 Å². The predicted molar refractivity (Wildman–Crippen MR) is 91.8 cm³/mol.